The van der Waals surface area contributed by atoms with Crippen molar-refractivity contribution in [3.63, 3.8) is 0 Å². The molecule has 0 unspecified atom stereocenters. The number of carbonyl (C=O) groups excluding carboxylic acids is 1. The zero-order valence-corrected chi connectivity index (χ0v) is 16.3. The second kappa shape index (κ2) is 6.46. The molecule has 0 aliphatic carbocycles. The molecule has 0 radical (unpaired) electrons. The zero-order chi connectivity index (χ0) is 18.4. The number of hydrogen-bond acceptors (Lipinski definition) is 3. The number of aromatic amines is 1. The van der Waals surface area contributed by atoms with Gasteiger partial charge < -0.3 is 4.98 Å². The van der Waals surface area contributed by atoms with E-state index in [2.05, 4.69) is 20.9 Å². The van der Waals surface area contributed by atoms with Crippen LogP contribution in [0.2, 0.25) is 5.02 Å². The van der Waals surface area contributed by atoms with Gasteiger partial charge in [0.2, 0.25) is 0 Å². The maximum absolute atomic E-state index is 13.2. The van der Waals surface area contributed by atoms with Gasteiger partial charge in [0, 0.05) is 20.4 Å². The molecule has 1 aromatic heterocycles. The van der Waals surface area contributed by atoms with E-state index in [0.29, 0.717) is 26.9 Å². The summed E-state index contributed by atoms with van der Waals surface area (Å²) in [6.45, 7) is 0. The van der Waals surface area contributed by atoms with Crippen molar-refractivity contribution in [1.29, 1.82) is 0 Å². The monoisotopic (exact) mass is 444 g/mol. The Morgan fingerprint density at radius 2 is 1.77 bits per heavy atom. The second-order valence-electron chi connectivity index (χ2n) is 5.71. The molecule has 4 rings (SSSR count). The molecule has 0 bridgehead atoms. The van der Waals surface area contributed by atoms with Crippen LogP contribution in [-0.4, -0.2) is 15.5 Å². The second-order valence-corrected chi connectivity index (χ2v) is 7.42. The van der Waals surface area contributed by atoms with E-state index in [1.54, 1.807) is 48.5 Å². The molecule has 0 saturated carbocycles. The number of hydrogen-bond donors (Lipinski definition) is 1. The molecule has 0 saturated heterocycles. The van der Waals surface area contributed by atoms with Gasteiger partial charge in [0.1, 0.15) is 0 Å². The molecule has 128 valence electrons. The standard InChI is InChI=1S/C19H10BrClN2O2S/c20-10-7-8-16-14(9-10)18(25)23(19(26)22-16)17(24)13-5-1-4-12-11(13)3-2-6-15(12)21/h1-9H,(H,22,26). The van der Waals surface area contributed by atoms with E-state index in [0.717, 1.165) is 14.4 Å². The van der Waals surface area contributed by atoms with Gasteiger partial charge in [-0.15, -0.1) is 0 Å². The van der Waals surface area contributed by atoms with Gasteiger partial charge >= 0.3 is 0 Å². The lowest BCUT2D eigenvalue weighted by Gasteiger charge is -2.10. The molecule has 0 spiro atoms. The summed E-state index contributed by atoms with van der Waals surface area (Å²) in [6.07, 6.45) is 0. The number of carbonyl (C=O) groups is 1. The third-order valence-electron chi connectivity index (χ3n) is 4.16. The third kappa shape index (κ3) is 2.70. The number of benzene rings is 3. The van der Waals surface area contributed by atoms with Crippen LogP contribution in [0.3, 0.4) is 0 Å². The van der Waals surface area contributed by atoms with Crippen LogP contribution < -0.4 is 5.56 Å². The van der Waals surface area contributed by atoms with Crippen molar-refractivity contribution in [2.45, 2.75) is 0 Å². The first kappa shape index (κ1) is 17.1. The van der Waals surface area contributed by atoms with E-state index in [9.17, 15) is 9.59 Å². The number of rotatable bonds is 1. The molecule has 1 N–H and O–H groups in total. The van der Waals surface area contributed by atoms with Crippen molar-refractivity contribution in [1.82, 2.24) is 9.55 Å². The smallest absolute Gasteiger partial charge is 0.269 e. The molecule has 26 heavy (non-hydrogen) atoms. The molecule has 7 heteroatoms. The lowest BCUT2D eigenvalue weighted by atomic mass is 10.0. The molecule has 0 fully saturated rings. The Balaban J connectivity index is 2.03. The minimum absolute atomic E-state index is 0.0499. The molecular formula is C19H10BrClN2O2S. The van der Waals surface area contributed by atoms with Crippen LogP contribution in [0.15, 0.2) is 63.9 Å². The molecule has 3 aromatic carbocycles. The Labute approximate surface area is 166 Å². The van der Waals surface area contributed by atoms with Crippen LogP contribution in [0.4, 0.5) is 0 Å². The van der Waals surface area contributed by atoms with Gasteiger partial charge in [-0.3, -0.25) is 9.59 Å². The Hall–Kier alpha value is -2.28. The summed E-state index contributed by atoms with van der Waals surface area (Å²) in [7, 11) is 0. The van der Waals surface area contributed by atoms with E-state index in [-0.39, 0.29) is 4.77 Å². The minimum Gasteiger partial charge on any atom is -0.331 e. The van der Waals surface area contributed by atoms with Crippen LogP contribution >= 0.6 is 39.7 Å². The first-order valence-electron chi connectivity index (χ1n) is 7.64. The van der Waals surface area contributed by atoms with Crippen LogP contribution in [0, 0.1) is 4.77 Å². The fourth-order valence-electron chi connectivity index (χ4n) is 2.95. The fraction of sp³-hybridized carbons (Fsp3) is 0. The molecule has 0 aliphatic rings. The molecule has 0 amide bonds. The Morgan fingerprint density at radius 1 is 1.04 bits per heavy atom. The van der Waals surface area contributed by atoms with Crippen LogP contribution in [0.1, 0.15) is 10.4 Å². The fourth-order valence-corrected chi connectivity index (χ4v) is 3.82. The number of aromatic nitrogens is 2. The average molecular weight is 446 g/mol. The van der Waals surface area contributed by atoms with Gasteiger partial charge in [0.05, 0.1) is 10.9 Å². The van der Waals surface area contributed by atoms with E-state index in [1.807, 2.05) is 6.07 Å². The predicted octanol–water partition coefficient (Wildman–Crippen LogP) is 5.32. The van der Waals surface area contributed by atoms with Crippen molar-refractivity contribution < 1.29 is 4.79 Å². The number of halogens is 2. The predicted molar refractivity (Wildman–Crippen MR) is 110 cm³/mol. The Morgan fingerprint density at radius 3 is 2.58 bits per heavy atom. The maximum Gasteiger partial charge on any atom is 0.269 e. The van der Waals surface area contributed by atoms with Crippen LogP contribution in [0.25, 0.3) is 21.7 Å². The van der Waals surface area contributed by atoms with Crippen LogP contribution in [-0.2, 0) is 0 Å². The third-order valence-corrected chi connectivity index (χ3v) is 5.27. The summed E-state index contributed by atoms with van der Waals surface area (Å²) in [4.78, 5) is 29.0. The molecule has 0 atom stereocenters. The number of nitrogens with one attached hydrogen (secondary N) is 1. The largest absolute Gasteiger partial charge is 0.331 e. The highest BCUT2D eigenvalue weighted by atomic mass is 79.9. The first-order valence-corrected chi connectivity index (χ1v) is 9.22. The lowest BCUT2D eigenvalue weighted by molar-refractivity contribution is 0.0955. The normalized spacial score (nSPS) is 11.2. The van der Waals surface area contributed by atoms with Crippen molar-refractivity contribution in [3.05, 3.63) is 84.8 Å². The maximum atomic E-state index is 13.2. The molecular weight excluding hydrogens is 436 g/mol. The number of fused-ring (bicyclic) bond motifs is 2. The topological polar surface area (TPSA) is 54.9 Å². The molecule has 1 heterocycles. The number of H-pyrrole nitrogens is 1. The Bertz CT molecular complexity index is 1330. The van der Waals surface area contributed by atoms with Crippen molar-refractivity contribution >= 4 is 67.3 Å². The summed E-state index contributed by atoms with van der Waals surface area (Å²) in [5.41, 5.74) is 0.475. The summed E-state index contributed by atoms with van der Waals surface area (Å²) < 4.78 is 1.78. The minimum atomic E-state index is -0.494. The zero-order valence-electron chi connectivity index (χ0n) is 13.1. The Kier molecular flexibility index (Phi) is 4.26. The lowest BCUT2D eigenvalue weighted by Crippen LogP contribution is -2.29. The van der Waals surface area contributed by atoms with Gasteiger partial charge in [-0.25, -0.2) is 4.57 Å². The van der Waals surface area contributed by atoms with E-state index >= 15 is 0 Å². The summed E-state index contributed by atoms with van der Waals surface area (Å²) in [5.74, 6) is -0.494. The summed E-state index contributed by atoms with van der Waals surface area (Å²) >= 11 is 14.8. The van der Waals surface area contributed by atoms with Crippen molar-refractivity contribution in [2.24, 2.45) is 0 Å². The molecule has 4 aromatic rings. The highest BCUT2D eigenvalue weighted by Gasteiger charge is 2.17. The van der Waals surface area contributed by atoms with Gasteiger partial charge in [-0.1, -0.05) is 51.8 Å². The highest BCUT2D eigenvalue weighted by molar-refractivity contribution is 9.10. The number of nitrogens with zero attached hydrogens (tertiary/aromatic N) is 1. The quantitative estimate of drug-likeness (QED) is 0.404. The first-order chi connectivity index (χ1) is 12.5. The van der Waals surface area contributed by atoms with E-state index < -0.39 is 11.5 Å². The molecule has 0 aliphatic heterocycles. The van der Waals surface area contributed by atoms with Gasteiger partial charge in [-0.05, 0) is 47.9 Å². The van der Waals surface area contributed by atoms with Gasteiger partial charge in [-0.2, -0.15) is 0 Å². The van der Waals surface area contributed by atoms with Crippen LogP contribution in [0.5, 0.6) is 0 Å². The van der Waals surface area contributed by atoms with Gasteiger partial charge in [0.15, 0.2) is 4.77 Å². The summed E-state index contributed by atoms with van der Waals surface area (Å²) in [6, 6.07) is 15.7. The SMILES string of the molecule is O=C(c1cccc2c(Cl)cccc12)n1c(=S)[nH]c2ccc(Br)cc2c1=O. The summed E-state index contributed by atoms with van der Waals surface area (Å²) in [5, 5.41) is 2.32. The van der Waals surface area contributed by atoms with E-state index in [4.69, 9.17) is 23.8 Å². The average Bonchev–Trinajstić information content (AvgIpc) is 2.62. The highest BCUT2D eigenvalue weighted by Crippen LogP contribution is 2.26. The van der Waals surface area contributed by atoms with Crippen molar-refractivity contribution in [2.75, 3.05) is 0 Å². The van der Waals surface area contributed by atoms with Crippen molar-refractivity contribution in [3.8, 4) is 0 Å². The molecule has 4 nitrogen and oxygen atoms in total. The van der Waals surface area contributed by atoms with E-state index in [1.165, 1.54) is 0 Å². The van der Waals surface area contributed by atoms with Gasteiger partial charge in [0.25, 0.3) is 11.5 Å².